The van der Waals surface area contributed by atoms with Gasteiger partial charge in [-0.15, -0.1) is 0 Å². The molecule has 0 aromatic heterocycles. The van der Waals surface area contributed by atoms with Gasteiger partial charge in [0.25, 0.3) is 0 Å². The van der Waals surface area contributed by atoms with Gasteiger partial charge in [-0.05, 0) is 18.9 Å². The molecule has 0 spiro atoms. The predicted octanol–water partition coefficient (Wildman–Crippen LogP) is 7.10. The summed E-state index contributed by atoms with van der Waals surface area (Å²) >= 11 is 0. The number of aliphatic hydroxyl groups excluding tert-OH is 1. The van der Waals surface area contributed by atoms with Crippen LogP contribution in [0.5, 0.6) is 0 Å². The molecule has 0 saturated carbocycles. The number of hydrogen-bond acceptors (Lipinski definition) is 1. The molecule has 0 atom stereocenters. The first-order chi connectivity index (χ1) is 9.91. The summed E-state index contributed by atoms with van der Waals surface area (Å²) in [7, 11) is 0. The summed E-state index contributed by atoms with van der Waals surface area (Å²) in [6, 6.07) is 0. The van der Waals surface area contributed by atoms with Crippen molar-refractivity contribution in [3.63, 3.8) is 0 Å². The van der Waals surface area contributed by atoms with Crippen molar-refractivity contribution in [2.24, 2.45) is 0 Å². The Morgan fingerprint density at radius 1 is 0.600 bits per heavy atom. The molecule has 0 aliphatic heterocycles. The van der Waals surface area contributed by atoms with E-state index in [2.05, 4.69) is 13.0 Å². The normalized spacial score (nSPS) is 11.8. The summed E-state index contributed by atoms with van der Waals surface area (Å²) in [6.45, 7) is 2.28. The van der Waals surface area contributed by atoms with E-state index >= 15 is 0 Å². The molecule has 0 bridgehead atoms. The Morgan fingerprint density at radius 2 is 1.05 bits per heavy atom. The van der Waals surface area contributed by atoms with Gasteiger partial charge in [0.05, 0.1) is 6.26 Å². The second kappa shape index (κ2) is 18.3. The molecule has 0 amide bonds. The molecule has 0 fully saturated rings. The minimum atomic E-state index is 1.08. The fraction of sp³-hybridized carbons (Fsp3) is 0.789. The van der Waals surface area contributed by atoms with Crippen molar-refractivity contribution >= 4 is 0 Å². The van der Waals surface area contributed by atoms with E-state index in [4.69, 9.17) is 5.11 Å². The van der Waals surface area contributed by atoms with Crippen LogP contribution in [0.15, 0.2) is 24.5 Å². The number of allylic oxidation sites excluding steroid dienone is 3. The summed E-state index contributed by atoms with van der Waals surface area (Å²) in [5.41, 5.74) is 0. The summed E-state index contributed by atoms with van der Waals surface area (Å²) in [6.07, 6.45) is 26.3. The van der Waals surface area contributed by atoms with Crippen molar-refractivity contribution in [1.29, 1.82) is 0 Å². The lowest BCUT2D eigenvalue weighted by molar-refractivity contribution is 0.473. The Kier molecular flexibility index (Phi) is 17.6. The van der Waals surface area contributed by atoms with Crippen molar-refractivity contribution in [3.8, 4) is 0 Å². The van der Waals surface area contributed by atoms with Crippen molar-refractivity contribution in [2.75, 3.05) is 0 Å². The predicted molar refractivity (Wildman–Crippen MR) is 91.2 cm³/mol. The lowest BCUT2D eigenvalue weighted by Gasteiger charge is -2.02. The third-order valence-corrected chi connectivity index (χ3v) is 3.81. The molecule has 1 N–H and O–H groups in total. The number of hydrogen-bond donors (Lipinski definition) is 1. The van der Waals surface area contributed by atoms with Gasteiger partial charge < -0.3 is 5.11 Å². The van der Waals surface area contributed by atoms with Gasteiger partial charge in [0, 0.05) is 0 Å². The van der Waals surface area contributed by atoms with E-state index in [1.54, 1.807) is 6.08 Å². The van der Waals surface area contributed by atoms with E-state index in [1.165, 1.54) is 83.5 Å². The van der Waals surface area contributed by atoms with Crippen LogP contribution in [0.3, 0.4) is 0 Å². The Bertz CT molecular complexity index is 218. The van der Waals surface area contributed by atoms with Gasteiger partial charge in [-0.25, -0.2) is 0 Å². The quantitative estimate of drug-likeness (QED) is 0.193. The first kappa shape index (κ1) is 19.3. The molecule has 0 aliphatic rings. The molecule has 0 aromatic rings. The van der Waals surface area contributed by atoms with Crippen LogP contribution in [-0.2, 0) is 0 Å². The third-order valence-electron chi connectivity index (χ3n) is 3.81. The first-order valence-electron chi connectivity index (χ1n) is 8.87. The summed E-state index contributed by atoms with van der Waals surface area (Å²) in [4.78, 5) is 0. The van der Waals surface area contributed by atoms with Gasteiger partial charge in [-0.2, -0.15) is 0 Å². The largest absolute Gasteiger partial charge is 0.516 e. The fourth-order valence-corrected chi connectivity index (χ4v) is 2.50. The molecule has 0 radical (unpaired) electrons. The second-order valence-corrected chi connectivity index (χ2v) is 5.80. The van der Waals surface area contributed by atoms with E-state index in [1.807, 2.05) is 6.08 Å². The zero-order chi connectivity index (χ0) is 14.7. The molecule has 0 rings (SSSR count). The van der Waals surface area contributed by atoms with Crippen molar-refractivity contribution in [3.05, 3.63) is 24.5 Å². The lowest BCUT2D eigenvalue weighted by atomic mass is 10.0. The SMILES string of the molecule is CCCCCCCCCCCCCCC/C=C/C=C/O. The van der Waals surface area contributed by atoms with Crippen molar-refractivity contribution in [2.45, 2.75) is 96.8 Å². The molecule has 1 heteroatoms. The van der Waals surface area contributed by atoms with Crippen molar-refractivity contribution in [1.82, 2.24) is 0 Å². The molecule has 20 heavy (non-hydrogen) atoms. The smallest absolute Gasteiger partial charge is 0.0791 e. The molecular weight excluding hydrogens is 244 g/mol. The van der Waals surface area contributed by atoms with Crippen LogP contribution in [0, 0.1) is 0 Å². The lowest BCUT2D eigenvalue weighted by Crippen LogP contribution is -1.82. The minimum Gasteiger partial charge on any atom is -0.516 e. The molecule has 0 saturated heterocycles. The van der Waals surface area contributed by atoms with Gasteiger partial charge in [0.1, 0.15) is 0 Å². The van der Waals surface area contributed by atoms with Crippen LogP contribution in [0.4, 0.5) is 0 Å². The maximum Gasteiger partial charge on any atom is 0.0791 e. The highest BCUT2D eigenvalue weighted by atomic mass is 16.2. The summed E-state index contributed by atoms with van der Waals surface area (Å²) in [5, 5.41) is 8.45. The van der Waals surface area contributed by atoms with E-state index in [0.29, 0.717) is 0 Å². The molecule has 0 unspecified atom stereocenters. The van der Waals surface area contributed by atoms with Gasteiger partial charge in [0.15, 0.2) is 0 Å². The molecule has 0 aromatic carbocycles. The molecule has 118 valence electrons. The minimum absolute atomic E-state index is 1.08. The zero-order valence-electron chi connectivity index (χ0n) is 13.7. The van der Waals surface area contributed by atoms with Crippen LogP contribution < -0.4 is 0 Å². The monoisotopic (exact) mass is 280 g/mol. The third kappa shape index (κ3) is 17.3. The van der Waals surface area contributed by atoms with Gasteiger partial charge >= 0.3 is 0 Å². The van der Waals surface area contributed by atoms with Crippen LogP contribution >= 0.6 is 0 Å². The van der Waals surface area contributed by atoms with Gasteiger partial charge in [0.2, 0.25) is 0 Å². The summed E-state index contributed by atoms with van der Waals surface area (Å²) < 4.78 is 0. The standard InChI is InChI=1S/C19H36O/c1-2-3-4-5-6-7-8-9-10-11-12-13-14-15-16-17-18-19-20/h16-20H,2-15H2,1H3/b17-16+,19-18+. The fourth-order valence-electron chi connectivity index (χ4n) is 2.50. The van der Waals surface area contributed by atoms with Gasteiger partial charge in [-0.1, -0.05) is 96.1 Å². The Morgan fingerprint density at radius 3 is 1.50 bits per heavy atom. The van der Waals surface area contributed by atoms with E-state index in [0.717, 1.165) is 12.7 Å². The number of unbranched alkanes of at least 4 members (excludes halogenated alkanes) is 13. The zero-order valence-corrected chi connectivity index (χ0v) is 13.7. The van der Waals surface area contributed by atoms with Crippen molar-refractivity contribution < 1.29 is 5.11 Å². The van der Waals surface area contributed by atoms with Crippen LogP contribution in [-0.4, -0.2) is 5.11 Å². The Hall–Kier alpha value is -0.720. The Labute approximate surface area is 127 Å². The molecule has 1 nitrogen and oxygen atoms in total. The van der Waals surface area contributed by atoms with Gasteiger partial charge in [-0.3, -0.25) is 0 Å². The highest BCUT2D eigenvalue weighted by Crippen LogP contribution is 2.12. The average molecular weight is 280 g/mol. The van der Waals surface area contributed by atoms with E-state index in [-0.39, 0.29) is 0 Å². The van der Waals surface area contributed by atoms with E-state index in [9.17, 15) is 0 Å². The van der Waals surface area contributed by atoms with Crippen LogP contribution in [0.25, 0.3) is 0 Å². The van der Waals surface area contributed by atoms with E-state index < -0.39 is 0 Å². The average Bonchev–Trinajstić information content (AvgIpc) is 2.47. The maximum atomic E-state index is 8.45. The first-order valence-corrected chi connectivity index (χ1v) is 8.87. The molecule has 0 aliphatic carbocycles. The highest BCUT2D eigenvalue weighted by molar-refractivity contribution is 4.98. The second-order valence-electron chi connectivity index (χ2n) is 5.80. The Balaban J connectivity index is 2.99. The molecular formula is C19H36O. The topological polar surface area (TPSA) is 20.2 Å². The van der Waals surface area contributed by atoms with Crippen LogP contribution in [0.2, 0.25) is 0 Å². The number of aliphatic hydroxyl groups is 1. The number of rotatable bonds is 15. The highest BCUT2D eigenvalue weighted by Gasteiger charge is 1.93. The molecule has 0 heterocycles. The van der Waals surface area contributed by atoms with Crippen LogP contribution in [0.1, 0.15) is 96.8 Å². The summed E-state index contributed by atoms with van der Waals surface area (Å²) in [5.74, 6) is 0. The maximum absolute atomic E-state index is 8.45.